The van der Waals surface area contributed by atoms with Gasteiger partial charge in [0.15, 0.2) is 5.78 Å². The summed E-state index contributed by atoms with van der Waals surface area (Å²) in [5.41, 5.74) is 0.520. The molecule has 2 aromatic carbocycles. The number of benzene rings is 2. The van der Waals surface area contributed by atoms with E-state index in [0.717, 1.165) is 0 Å². The lowest BCUT2D eigenvalue weighted by Crippen LogP contribution is -1.97. The monoisotopic (exact) mass is 224 g/mol. The Morgan fingerprint density at radius 2 is 1.65 bits per heavy atom. The van der Waals surface area contributed by atoms with Crippen molar-refractivity contribution < 1.29 is 9.53 Å². The smallest absolute Gasteiger partial charge is 0.188 e. The lowest BCUT2D eigenvalue weighted by atomic mass is 10.1. The Labute approximate surface area is 100 Å². The molecule has 0 atom stereocenters. The molecule has 0 N–H and O–H groups in total. The van der Waals surface area contributed by atoms with Crippen molar-refractivity contribution in [2.75, 3.05) is 0 Å². The van der Waals surface area contributed by atoms with Gasteiger partial charge in [0.1, 0.15) is 11.5 Å². The fourth-order valence-electron chi connectivity index (χ4n) is 1.48. The summed E-state index contributed by atoms with van der Waals surface area (Å²) in [6, 6.07) is 16.5. The third-order valence-electron chi connectivity index (χ3n) is 2.31. The quantitative estimate of drug-likeness (QED) is 0.582. The van der Waals surface area contributed by atoms with Gasteiger partial charge in [-0.05, 0) is 30.3 Å². The first-order valence-corrected chi connectivity index (χ1v) is 5.30. The molecule has 0 fully saturated rings. The molecule has 0 saturated heterocycles. The summed E-state index contributed by atoms with van der Waals surface area (Å²) in [5.74, 6) is 1.11. The molecule has 2 aromatic rings. The van der Waals surface area contributed by atoms with E-state index in [-0.39, 0.29) is 5.78 Å². The zero-order valence-electron chi connectivity index (χ0n) is 9.30. The summed E-state index contributed by atoms with van der Waals surface area (Å²) in [4.78, 5) is 11.6. The van der Waals surface area contributed by atoms with Crippen LogP contribution in [0.4, 0.5) is 0 Å². The minimum atomic E-state index is -0.142. The molecule has 0 aromatic heterocycles. The van der Waals surface area contributed by atoms with Crippen LogP contribution in [-0.4, -0.2) is 5.78 Å². The molecule has 0 aliphatic rings. The average molecular weight is 224 g/mol. The lowest BCUT2D eigenvalue weighted by molar-refractivity contribution is 0.104. The van der Waals surface area contributed by atoms with Crippen LogP contribution in [0.1, 0.15) is 10.4 Å². The van der Waals surface area contributed by atoms with Crippen LogP contribution >= 0.6 is 0 Å². The molecule has 0 radical (unpaired) electrons. The Hall–Kier alpha value is -2.35. The first-order valence-electron chi connectivity index (χ1n) is 5.30. The molecule has 0 bridgehead atoms. The van der Waals surface area contributed by atoms with Crippen LogP contribution in [0.25, 0.3) is 0 Å². The zero-order valence-corrected chi connectivity index (χ0v) is 9.30. The van der Waals surface area contributed by atoms with Gasteiger partial charge in [0.2, 0.25) is 0 Å². The first kappa shape index (κ1) is 11.1. The minimum absolute atomic E-state index is 0.142. The maximum Gasteiger partial charge on any atom is 0.188 e. The molecule has 0 aliphatic heterocycles. The van der Waals surface area contributed by atoms with E-state index in [0.29, 0.717) is 17.1 Å². The van der Waals surface area contributed by atoms with Gasteiger partial charge in [0.05, 0.1) is 5.56 Å². The van der Waals surface area contributed by atoms with E-state index in [1.54, 1.807) is 18.2 Å². The number of hydrogen-bond donors (Lipinski definition) is 0. The van der Waals surface area contributed by atoms with E-state index in [1.165, 1.54) is 6.08 Å². The molecule has 2 rings (SSSR count). The highest BCUT2D eigenvalue weighted by Gasteiger charge is 2.09. The molecule has 2 nitrogen and oxygen atoms in total. The third-order valence-corrected chi connectivity index (χ3v) is 2.31. The molecule has 0 saturated carbocycles. The number of hydrogen-bond acceptors (Lipinski definition) is 2. The van der Waals surface area contributed by atoms with Crippen LogP contribution < -0.4 is 4.74 Å². The largest absolute Gasteiger partial charge is 0.457 e. The van der Waals surface area contributed by atoms with Crippen LogP contribution in [-0.2, 0) is 0 Å². The van der Waals surface area contributed by atoms with Gasteiger partial charge in [0.25, 0.3) is 0 Å². The first-order chi connectivity index (χ1) is 8.31. The van der Waals surface area contributed by atoms with Gasteiger partial charge in [-0.1, -0.05) is 36.9 Å². The second-order valence-electron chi connectivity index (χ2n) is 3.48. The van der Waals surface area contributed by atoms with Crippen molar-refractivity contribution in [2.45, 2.75) is 0 Å². The predicted molar refractivity (Wildman–Crippen MR) is 67.5 cm³/mol. The molecular formula is C15H12O2. The molecule has 0 heterocycles. The van der Waals surface area contributed by atoms with Gasteiger partial charge in [-0.3, -0.25) is 4.79 Å². The molecule has 84 valence electrons. The van der Waals surface area contributed by atoms with E-state index in [1.807, 2.05) is 36.4 Å². The van der Waals surface area contributed by atoms with Gasteiger partial charge in [-0.25, -0.2) is 0 Å². The van der Waals surface area contributed by atoms with E-state index >= 15 is 0 Å². The number of ketones is 1. The topological polar surface area (TPSA) is 26.3 Å². The van der Waals surface area contributed by atoms with Crippen molar-refractivity contribution in [3.05, 3.63) is 72.8 Å². The number of carbonyl (C=O) groups excluding carboxylic acids is 1. The van der Waals surface area contributed by atoms with Crippen LogP contribution in [0.2, 0.25) is 0 Å². The summed E-state index contributed by atoms with van der Waals surface area (Å²) in [5, 5.41) is 0. The van der Waals surface area contributed by atoms with Gasteiger partial charge in [-0.2, -0.15) is 0 Å². The Kier molecular flexibility index (Phi) is 3.36. The van der Waals surface area contributed by atoms with Crippen LogP contribution in [0.3, 0.4) is 0 Å². The van der Waals surface area contributed by atoms with Gasteiger partial charge >= 0.3 is 0 Å². The molecule has 17 heavy (non-hydrogen) atoms. The molecule has 0 amide bonds. The van der Waals surface area contributed by atoms with Crippen molar-refractivity contribution in [1.82, 2.24) is 0 Å². The van der Waals surface area contributed by atoms with Crippen molar-refractivity contribution in [3.8, 4) is 11.5 Å². The molecule has 0 spiro atoms. The summed E-state index contributed by atoms with van der Waals surface area (Å²) >= 11 is 0. The minimum Gasteiger partial charge on any atom is -0.457 e. The van der Waals surface area contributed by atoms with E-state index in [9.17, 15) is 4.79 Å². The highest BCUT2D eigenvalue weighted by molar-refractivity contribution is 6.06. The Bertz CT molecular complexity index is 530. The molecule has 0 aliphatic carbocycles. The SMILES string of the molecule is C=CC(=O)c1ccccc1Oc1ccccc1. The van der Waals surface area contributed by atoms with Crippen LogP contribution in [0, 0.1) is 0 Å². The molecular weight excluding hydrogens is 212 g/mol. The number of carbonyl (C=O) groups is 1. The van der Waals surface area contributed by atoms with E-state index < -0.39 is 0 Å². The Balaban J connectivity index is 2.33. The Morgan fingerprint density at radius 1 is 1.00 bits per heavy atom. The van der Waals surface area contributed by atoms with Gasteiger partial charge < -0.3 is 4.74 Å². The van der Waals surface area contributed by atoms with Crippen LogP contribution in [0.15, 0.2) is 67.3 Å². The standard InChI is InChI=1S/C15H12O2/c1-2-14(16)13-10-6-7-11-15(13)17-12-8-4-3-5-9-12/h2-11H,1H2. The second kappa shape index (κ2) is 5.12. The van der Waals surface area contributed by atoms with E-state index in [4.69, 9.17) is 4.74 Å². The summed E-state index contributed by atoms with van der Waals surface area (Å²) in [6.07, 6.45) is 1.28. The van der Waals surface area contributed by atoms with Crippen LogP contribution in [0.5, 0.6) is 11.5 Å². The van der Waals surface area contributed by atoms with Crippen molar-refractivity contribution >= 4 is 5.78 Å². The maximum atomic E-state index is 11.6. The van der Waals surface area contributed by atoms with Crippen molar-refractivity contribution in [3.63, 3.8) is 0 Å². The number of para-hydroxylation sites is 2. The van der Waals surface area contributed by atoms with Crippen molar-refractivity contribution in [1.29, 1.82) is 0 Å². The molecule has 0 unspecified atom stereocenters. The third kappa shape index (κ3) is 2.61. The maximum absolute atomic E-state index is 11.6. The summed E-state index contributed by atoms with van der Waals surface area (Å²) in [7, 11) is 0. The van der Waals surface area contributed by atoms with Gasteiger partial charge in [0, 0.05) is 0 Å². The Morgan fingerprint density at radius 3 is 2.35 bits per heavy atom. The molecule has 2 heteroatoms. The number of allylic oxidation sites excluding steroid dienone is 1. The van der Waals surface area contributed by atoms with Crippen molar-refractivity contribution in [2.24, 2.45) is 0 Å². The number of ether oxygens (including phenoxy) is 1. The fraction of sp³-hybridized carbons (Fsp3) is 0. The lowest BCUT2D eigenvalue weighted by Gasteiger charge is -2.08. The predicted octanol–water partition coefficient (Wildman–Crippen LogP) is 3.85. The summed E-state index contributed by atoms with van der Waals surface area (Å²) in [6.45, 7) is 3.48. The average Bonchev–Trinajstić information content (AvgIpc) is 2.40. The van der Waals surface area contributed by atoms with E-state index in [2.05, 4.69) is 6.58 Å². The summed E-state index contributed by atoms with van der Waals surface area (Å²) < 4.78 is 5.66. The fourth-order valence-corrected chi connectivity index (χ4v) is 1.48. The normalized spacial score (nSPS) is 9.65. The second-order valence-corrected chi connectivity index (χ2v) is 3.48. The number of rotatable bonds is 4. The zero-order chi connectivity index (χ0) is 12.1. The van der Waals surface area contributed by atoms with Gasteiger partial charge in [-0.15, -0.1) is 0 Å². The highest BCUT2D eigenvalue weighted by Crippen LogP contribution is 2.25. The highest BCUT2D eigenvalue weighted by atomic mass is 16.5.